The second kappa shape index (κ2) is 3.73. The van der Waals surface area contributed by atoms with Gasteiger partial charge in [0.2, 0.25) is 0 Å². The lowest BCUT2D eigenvalue weighted by atomic mass is 10.1. The first-order valence-electron chi connectivity index (χ1n) is 4.84. The molecule has 0 spiro atoms. The highest BCUT2D eigenvalue weighted by Gasteiger charge is 2.07. The van der Waals surface area contributed by atoms with Crippen molar-refractivity contribution >= 4 is 23.3 Å². The van der Waals surface area contributed by atoms with E-state index >= 15 is 0 Å². The summed E-state index contributed by atoms with van der Waals surface area (Å²) in [6.45, 7) is 3.69. The molecule has 15 heavy (non-hydrogen) atoms. The summed E-state index contributed by atoms with van der Waals surface area (Å²) in [5.74, 6) is 0.845. The Labute approximate surface area is 88.2 Å². The topological polar surface area (TPSA) is 30.2 Å². The molecule has 0 saturated heterocycles. The van der Waals surface area contributed by atoms with Crippen LogP contribution in [0.1, 0.15) is 18.2 Å². The third kappa shape index (κ3) is 1.71. The Morgan fingerprint density at radius 1 is 1.33 bits per heavy atom. The second-order valence-corrected chi connectivity index (χ2v) is 3.57. The van der Waals surface area contributed by atoms with E-state index in [1.54, 1.807) is 6.92 Å². The molecule has 0 aliphatic heterocycles. The van der Waals surface area contributed by atoms with Crippen molar-refractivity contribution in [2.24, 2.45) is 0 Å². The monoisotopic (exact) mass is 200 g/mol. The molecule has 0 saturated carbocycles. The number of allylic oxidation sites excluding steroid dienone is 1. The van der Waals surface area contributed by atoms with E-state index in [4.69, 9.17) is 4.42 Å². The summed E-state index contributed by atoms with van der Waals surface area (Å²) in [4.78, 5) is 10.6. The molecule has 1 heterocycles. The average molecular weight is 200 g/mol. The number of hydrogen-bond acceptors (Lipinski definition) is 2. The smallest absolute Gasteiger partial charge is 0.145 e. The van der Waals surface area contributed by atoms with Crippen molar-refractivity contribution in [3.05, 3.63) is 41.2 Å². The molecule has 0 bridgehead atoms. The van der Waals surface area contributed by atoms with Gasteiger partial charge in [-0.15, -0.1) is 0 Å². The molecule has 1 aromatic carbocycles. The first-order chi connectivity index (χ1) is 7.22. The lowest BCUT2D eigenvalue weighted by Gasteiger charge is -1.91. The van der Waals surface area contributed by atoms with E-state index in [2.05, 4.69) is 0 Å². The SMILES string of the molecule is C/C(C=O)=C/c1c(C)oc2ccccc12. The van der Waals surface area contributed by atoms with Crippen molar-refractivity contribution in [3.8, 4) is 0 Å². The molecule has 2 rings (SSSR count). The maximum atomic E-state index is 10.6. The summed E-state index contributed by atoms with van der Waals surface area (Å²) in [5, 5.41) is 1.05. The molecule has 0 N–H and O–H groups in total. The number of furan rings is 1. The molecule has 0 unspecified atom stereocenters. The van der Waals surface area contributed by atoms with Gasteiger partial charge in [-0.05, 0) is 31.6 Å². The van der Waals surface area contributed by atoms with Crippen LogP contribution in [0.2, 0.25) is 0 Å². The van der Waals surface area contributed by atoms with E-state index in [9.17, 15) is 4.79 Å². The fourth-order valence-corrected chi connectivity index (χ4v) is 1.63. The number of fused-ring (bicyclic) bond motifs is 1. The van der Waals surface area contributed by atoms with E-state index in [1.807, 2.05) is 37.3 Å². The molecule has 76 valence electrons. The lowest BCUT2D eigenvalue weighted by Crippen LogP contribution is -1.78. The summed E-state index contributed by atoms with van der Waals surface area (Å²) in [7, 11) is 0. The number of para-hydroxylation sites is 1. The summed E-state index contributed by atoms with van der Waals surface area (Å²) in [6.07, 6.45) is 2.70. The van der Waals surface area contributed by atoms with Gasteiger partial charge in [-0.2, -0.15) is 0 Å². The number of hydrogen-bond donors (Lipinski definition) is 0. The van der Waals surface area contributed by atoms with E-state index in [0.29, 0.717) is 5.57 Å². The number of carbonyl (C=O) groups excluding carboxylic acids is 1. The molecule has 0 radical (unpaired) electrons. The first kappa shape index (κ1) is 9.71. The van der Waals surface area contributed by atoms with Gasteiger partial charge in [0.1, 0.15) is 17.6 Å². The minimum Gasteiger partial charge on any atom is -0.461 e. The zero-order valence-corrected chi connectivity index (χ0v) is 8.78. The van der Waals surface area contributed by atoms with E-state index in [1.165, 1.54) is 0 Å². The zero-order chi connectivity index (χ0) is 10.8. The van der Waals surface area contributed by atoms with Gasteiger partial charge in [0.15, 0.2) is 0 Å². The highest BCUT2D eigenvalue weighted by atomic mass is 16.3. The van der Waals surface area contributed by atoms with Gasteiger partial charge < -0.3 is 4.42 Å². The van der Waals surface area contributed by atoms with Crippen molar-refractivity contribution in [1.82, 2.24) is 0 Å². The van der Waals surface area contributed by atoms with Gasteiger partial charge in [-0.1, -0.05) is 18.2 Å². The van der Waals surface area contributed by atoms with E-state index in [-0.39, 0.29) is 0 Å². The maximum Gasteiger partial charge on any atom is 0.145 e. The van der Waals surface area contributed by atoms with Crippen LogP contribution in [-0.2, 0) is 4.79 Å². The Hall–Kier alpha value is -1.83. The second-order valence-electron chi connectivity index (χ2n) is 3.57. The van der Waals surface area contributed by atoms with Crippen LogP contribution < -0.4 is 0 Å². The molecule has 0 fully saturated rings. The molecule has 2 heteroatoms. The van der Waals surface area contributed by atoms with Crippen molar-refractivity contribution in [2.45, 2.75) is 13.8 Å². The van der Waals surface area contributed by atoms with Gasteiger partial charge in [0, 0.05) is 10.9 Å². The summed E-state index contributed by atoms with van der Waals surface area (Å²) >= 11 is 0. The summed E-state index contributed by atoms with van der Waals surface area (Å²) in [5.41, 5.74) is 2.56. The summed E-state index contributed by atoms with van der Waals surface area (Å²) in [6, 6.07) is 7.82. The average Bonchev–Trinajstić information content (AvgIpc) is 2.55. The number of carbonyl (C=O) groups is 1. The first-order valence-corrected chi connectivity index (χ1v) is 4.84. The van der Waals surface area contributed by atoms with Crippen LogP contribution in [0.5, 0.6) is 0 Å². The molecular weight excluding hydrogens is 188 g/mol. The molecule has 0 aliphatic rings. The quantitative estimate of drug-likeness (QED) is 0.549. The highest BCUT2D eigenvalue weighted by Crippen LogP contribution is 2.26. The van der Waals surface area contributed by atoms with Gasteiger partial charge in [-0.25, -0.2) is 0 Å². The Morgan fingerprint density at radius 2 is 2.07 bits per heavy atom. The van der Waals surface area contributed by atoms with Crippen molar-refractivity contribution in [1.29, 1.82) is 0 Å². The van der Waals surface area contributed by atoms with Gasteiger partial charge in [0.05, 0.1) is 0 Å². The minimum atomic E-state index is 0.699. The zero-order valence-electron chi connectivity index (χ0n) is 8.78. The number of aldehydes is 1. The molecular formula is C13H12O2. The number of rotatable bonds is 2. The fourth-order valence-electron chi connectivity index (χ4n) is 1.63. The van der Waals surface area contributed by atoms with Crippen LogP contribution in [0.4, 0.5) is 0 Å². The maximum absolute atomic E-state index is 10.6. The standard InChI is InChI=1S/C13H12O2/c1-9(8-14)7-12-10(2)15-13-6-4-3-5-11(12)13/h3-8H,1-2H3/b9-7-. The number of benzene rings is 1. The van der Waals surface area contributed by atoms with E-state index in [0.717, 1.165) is 28.6 Å². The molecule has 0 amide bonds. The van der Waals surface area contributed by atoms with Crippen LogP contribution in [0, 0.1) is 6.92 Å². The minimum absolute atomic E-state index is 0.699. The molecule has 2 nitrogen and oxygen atoms in total. The molecule has 2 aromatic rings. The third-order valence-electron chi connectivity index (χ3n) is 2.38. The highest BCUT2D eigenvalue weighted by molar-refractivity contribution is 5.92. The Morgan fingerprint density at radius 3 is 2.80 bits per heavy atom. The van der Waals surface area contributed by atoms with E-state index < -0.39 is 0 Å². The molecule has 1 aromatic heterocycles. The molecule has 0 aliphatic carbocycles. The third-order valence-corrected chi connectivity index (χ3v) is 2.38. The van der Waals surface area contributed by atoms with Crippen molar-refractivity contribution < 1.29 is 9.21 Å². The Kier molecular flexibility index (Phi) is 2.42. The van der Waals surface area contributed by atoms with Crippen LogP contribution in [0.25, 0.3) is 17.0 Å². The van der Waals surface area contributed by atoms with Crippen molar-refractivity contribution in [2.75, 3.05) is 0 Å². The predicted octanol–water partition coefficient (Wildman–Crippen LogP) is 3.34. The van der Waals surface area contributed by atoms with Crippen LogP contribution in [-0.4, -0.2) is 6.29 Å². The van der Waals surface area contributed by atoms with Crippen LogP contribution in [0.15, 0.2) is 34.3 Å². The van der Waals surface area contributed by atoms with Gasteiger partial charge >= 0.3 is 0 Å². The van der Waals surface area contributed by atoms with Crippen LogP contribution in [0.3, 0.4) is 0 Å². The van der Waals surface area contributed by atoms with Crippen LogP contribution >= 0.6 is 0 Å². The Balaban J connectivity index is 2.69. The normalized spacial score (nSPS) is 12.0. The van der Waals surface area contributed by atoms with Crippen molar-refractivity contribution in [3.63, 3.8) is 0 Å². The Bertz CT molecular complexity index is 532. The van der Waals surface area contributed by atoms with Gasteiger partial charge in [0.25, 0.3) is 0 Å². The summed E-state index contributed by atoms with van der Waals surface area (Å²) < 4.78 is 5.58. The number of aryl methyl sites for hydroxylation is 1. The van der Waals surface area contributed by atoms with Gasteiger partial charge in [-0.3, -0.25) is 4.79 Å². The predicted molar refractivity (Wildman–Crippen MR) is 60.7 cm³/mol. The molecule has 0 atom stereocenters. The largest absolute Gasteiger partial charge is 0.461 e. The fraction of sp³-hybridized carbons (Fsp3) is 0.154. The lowest BCUT2D eigenvalue weighted by molar-refractivity contribution is -0.104.